The van der Waals surface area contributed by atoms with Gasteiger partial charge in [-0.05, 0) is 69.3 Å². The van der Waals surface area contributed by atoms with Crippen LogP contribution in [0.3, 0.4) is 0 Å². The Bertz CT molecular complexity index is 1390. The van der Waals surface area contributed by atoms with Crippen LogP contribution in [0.5, 0.6) is 0 Å². The summed E-state index contributed by atoms with van der Waals surface area (Å²) in [4.78, 5) is 18.9. The van der Waals surface area contributed by atoms with Crippen LogP contribution >= 0.6 is 11.6 Å². The number of fused-ring (bicyclic) bond motifs is 2. The maximum absolute atomic E-state index is 10.9. The van der Waals surface area contributed by atoms with Gasteiger partial charge in [-0.3, -0.25) is 0 Å². The average molecular weight is 524 g/mol. The average Bonchev–Trinajstić information content (AvgIpc) is 3.51. The zero-order chi connectivity index (χ0) is 25.8. The van der Waals surface area contributed by atoms with Crippen LogP contribution in [0.25, 0.3) is 22.1 Å². The van der Waals surface area contributed by atoms with Crippen molar-refractivity contribution in [1.82, 2.24) is 29.4 Å². The van der Waals surface area contributed by atoms with Crippen LogP contribution < -0.4 is 5.73 Å². The molecule has 10 heteroatoms. The van der Waals surface area contributed by atoms with Gasteiger partial charge in [-0.1, -0.05) is 11.6 Å². The summed E-state index contributed by atoms with van der Waals surface area (Å²) in [6, 6.07) is 6.13. The maximum atomic E-state index is 10.9. The van der Waals surface area contributed by atoms with Crippen molar-refractivity contribution in [3.05, 3.63) is 47.1 Å². The first-order valence-corrected chi connectivity index (χ1v) is 13.4. The number of rotatable bonds is 7. The lowest BCUT2D eigenvalue weighted by molar-refractivity contribution is -0.00658. The summed E-state index contributed by atoms with van der Waals surface area (Å²) in [5.41, 5.74) is 9.69. The molecule has 5 N–H and O–H groups in total. The number of aliphatic hydroxyl groups is 2. The summed E-state index contributed by atoms with van der Waals surface area (Å²) < 4.78 is 1.94. The second-order valence-electron chi connectivity index (χ2n) is 11.0. The molecule has 0 saturated heterocycles. The van der Waals surface area contributed by atoms with E-state index in [1.54, 1.807) is 0 Å². The minimum absolute atomic E-state index is 0.00786. The van der Waals surface area contributed by atoms with Gasteiger partial charge in [0.15, 0.2) is 0 Å². The molecule has 4 atom stereocenters. The lowest BCUT2D eigenvalue weighted by atomic mass is 9.76. The quantitative estimate of drug-likeness (QED) is 0.292. The first-order valence-electron chi connectivity index (χ1n) is 13.1. The molecular weight excluding hydrogens is 490 g/mol. The number of nitrogens with one attached hydrogen (secondary N) is 1. The predicted molar refractivity (Wildman–Crippen MR) is 144 cm³/mol. The third-order valence-electron chi connectivity index (χ3n) is 8.63. The zero-order valence-electron chi connectivity index (χ0n) is 21.2. The van der Waals surface area contributed by atoms with E-state index in [0.717, 1.165) is 65.1 Å². The van der Waals surface area contributed by atoms with Gasteiger partial charge in [0.25, 0.3) is 0 Å². The van der Waals surface area contributed by atoms with Gasteiger partial charge in [-0.2, -0.15) is 0 Å². The van der Waals surface area contributed by atoms with Crippen molar-refractivity contribution < 1.29 is 10.2 Å². The highest BCUT2D eigenvalue weighted by molar-refractivity contribution is 6.32. The molecule has 3 aromatic heterocycles. The molecule has 4 aromatic rings. The minimum Gasteiger partial charge on any atom is -0.390 e. The molecule has 196 valence electrons. The number of aryl methyl sites for hydroxylation is 2. The molecule has 0 unspecified atom stereocenters. The number of anilines is 1. The molecule has 0 bridgehead atoms. The molecule has 0 spiro atoms. The zero-order valence-corrected chi connectivity index (χ0v) is 21.9. The number of H-pyrrole nitrogens is 1. The van der Waals surface area contributed by atoms with Gasteiger partial charge in [-0.15, -0.1) is 0 Å². The van der Waals surface area contributed by atoms with Gasteiger partial charge in [0, 0.05) is 36.1 Å². The van der Waals surface area contributed by atoms with Crippen molar-refractivity contribution >= 4 is 39.5 Å². The van der Waals surface area contributed by atoms with E-state index in [-0.39, 0.29) is 12.0 Å². The van der Waals surface area contributed by atoms with Gasteiger partial charge in [0.2, 0.25) is 0 Å². The van der Waals surface area contributed by atoms with Gasteiger partial charge in [0.1, 0.15) is 29.7 Å². The molecule has 2 fully saturated rings. The summed E-state index contributed by atoms with van der Waals surface area (Å²) >= 11 is 6.25. The third-order valence-corrected chi connectivity index (χ3v) is 9.03. The molecule has 0 amide bonds. The van der Waals surface area contributed by atoms with Crippen molar-refractivity contribution in [2.45, 2.75) is 63.3 Å². The number of imidazole rings is 1. The lowest BCUT2D eigenvalue weighted by Crippen LogP contribution is -2.46. The lowest BCUT2D eigenvalue weighted by Gasteiger charge is -2.42. The van der Waals surface area contributed by atoms with Gasteiger partial charge in [-0.25, -0.2) is 15.0 Å². The topological polar surface area (TPSA) is 129 Å². The Labute approximate surface area is 220 Å². The number of nitrogen functional groups attached to an aromatic ring is 1. The van der Waals surface area contributed by atoms with E-state index >= 15 is 0 Å². The third kappa shape index (κ3) is 4.48. The Morgan fingerprint density at radius 2 is 2.00 bits per heavy atom. The predicted octanol–water partition coefficient (Wildman–Crippen LogP) is 3.48. The standard InChI is InChI=1S/C27H34ClN7O2/c1-14-7-20-21(11-19(14)28)33-23(32-20)4-3-15-8-17(9-15)34(2)12-16-10-22(25(37)24(16)36)35-6-5-18-26(29)30-13-31-27(18)35/h5-7,11,13,15-17,22,24-25,36-37H,3-4,8-10,12H2,1-2H3,(H,32,33)(H2,29,30,31)/t15?,16-,17?,22-,24-,25+/m1/s1. The van der Waals surface area contributed by atoms with Crippen LogP contribution in [0.15, 0.2) is 30.7 Å². The van der Waals surface area contributed by atoms with Crippen LogP contribution in [0.1, 0.15) is 43.1 Å². The Morgan fingerprint density at radius 1 is 1.19 bits per heavy atom. The van der Waals surface area contributed by atoms with Gasteiger partial charge < -0.3 is 30.4 Å². The Balaban J connectivity index is 1.02. The minimum atomic E-state index is -0.846. The van der Waals surface area contributed by atoms with Crippen molar-refractivity contribution in [3.8, 4) is 0 Å². The van der Waals surface area contributed by atoms with E-state index in [0.29, 0.717) is 29.8 Å². The highest BCUT2D eigenvalue weighted by atomic mass is 35.5. The molecule has 1 aromatic carbocycles. The van der Waals surface area contributed by atoms with Crippen LogP contribution in [0, 0.1) is 18.8 Å². The van der Waals surface area contributed by atoms with Crippen LogP contribution in [0.2, 0.25) is 5.02 Å². The van der Waals surface area contributed by atoms with E-state index in [4.69, 9.17) is 22.3 Å². The maximum Gasteiger partial charge on any atom is 0.145 e. The summed E-state index contributed by atoms with van der Waals surface area (Å²) in [6.07, 6.45) is 6.73. The molecule has 37 heavy (non-hydrogen) atoms. The normalized spacial score (nSPS) is 27.9. The molecule has 0 aliphatic heterocycles. The first-order chi connectivity index (χ1) is 17.8. The second kappa shape index (κ2) is 9.54. The number of halogens is 1. The SMILES string of the molecule is Cc1cc2nc(CCC3CC(N(C)C[C@H]4C[C@@H](n5ccc6c(N)ncnc65)[C@H](O)[C@@H]4O)C3)[nH]c2cc1Cl. The van der Waals surface area contributed by atoms with E-state index in [1.165, 1.54) is 6.33 Å². The van der Waals surface area contributed by atoms with E-state index < -0.39 is 12.2 Å². The van der Waals surface area contributed by atoms with Crippen molar-refractivity contribution in [1.29, 1.82) is 0 Å². The Hall–Kier alpha value is -2.72. The number of benzene rings is 1. The number of nitrogens with zero attached hydrogens (tertiary/aromatic N) is 5. The number of aromatic nitrogens is 5. The van der Waals surface area contributed by atoms with Crippen LogP contribution in [-0.2, 0) is 6.42 Å². The van der Waals surface area contributed by atoms with Gasteiger partial charge in [0.05, 0.1) is 28.6 Å². The summed E-state index contributed by atoms with van der Waals surface area (Å²) in [5.74, 6) is 2.11. The largest absolute Gasteiger partial charge is 0.390 e. The summed E-state index contributed by atoms with van der Waals surface area (Å²) in [7, 11) is 2.14. The molecule has 0 radical (unpaired) electrons. The molecule has 2 aliphatic rings. The number of hydrogen-bond donors (Lipinski definition) is 4. The van der Waals surface area contributed by atoms with E-state index in [1.807, 2.05) is 35.9 Å². The second-order valence-corrected chi connectivity index (χ2v) is 11.4. The fraction of sp³-hybridized carbons (Fsp3) is 0.519. The summed E-state index contributed by atoms with van der Waals surface area (Å²) in [6.45, 7) is 2.76. The van der Waals surface area contributed by atoms with E-state index in [2.05, 4.69) is 26.9 Å². The number of aliphatic hydroxyl groups excluding tert-OH is 2. The number of hydrogen-bond acceptors (Lipinski definition) is 7. The Morgan fingerprint density at radius 3 is 2.81 bits per heavy atom. The van der Waals surface area contributed by atoms with Crippen molar-refractivity contribution in [2.75, 3.05) is 19.3 Å². The smallest absolute Gasteiger partial charge is 0.145 e. The molecule has 6 rings (SSSR count). The van der Waals surface area contributed by atoms with Crippen molar-refractivity contribution in [3.63, 3.8) is 0 Å². The molecule has 3 heterocycles. The van der Waals surface area contributed by atoms with E-state index in [9.17, 15) is 10.2 Å². The number of aromatic amines is 1. The highest BCUT2D eigenvalue weighted by Gasteiger charge is 2.44. The summed E-state index contributed by atoms with van der Waals surface area (Å²) in [5, 5.41) is 23.3. The van der Waals surface area contributed by atoms with Crippen LogP contribution in [0.4, 0.5) is 5.82 Å². The molecular formula is C27H34ClN7O2. The first kappa shape index (κ1) is 24.6. The van der Waals surface area contributed by atoms with Crippen LogP contribution in [-0.4, -0.2) is 71.5 Å². The fourth-order valence-corrected chi connectivity index (χ4v) is 6.44. The Kier molecular flexibility index (Phi) is 6.35. The van der Waals surface area contributed by atoms with Crippen molar-refractivity contribution in [2.24, 2.45) is 11.8 Å². The molecule has 9 nitrogen and oxygen atoms in total. The van der Waals surface area contributed by atoms with Gasteiger partial charge >= 0.3 is 0 Å². The number of nitrogens with two attached hydrogens (primary N) is 1. The highest BCUT2D eigenvalue weighted by Crippen LogP contribution is 2.40. The monoisotopic (exact) mass is 523 g/mol. The molecule has 2 aliphatic carbocycles. The molecule has 2 saturated carbocycles. The fourth-order valence-electron chi connectivity index (χ4n) is 6.28.